The minimum atomic E-state index is 0.293. The molecule has 0 amide bonds. The maximum atomic E-state index is 5.17. The molecule has 0 saturated heterocycles. The Kier molecular flexibility index (Phi) is 3.47. The summed E-state index contributed by atoms with van der Waals surface area (Å²) in [5, 5.41) is 3.63. The summed E-state index contributed by atoms with van der Waals surface area (Å²) in [6.07, 6.45) is 3.78. The molecule has 0 unspecified atom stereocenters. The fourth-order valence-corrected chi connectivity index (χ4v) is 1.74. The smallest absolute Gasteiger partial charge is 0.180 e. The number of hydrogen-bond acceptors (Lipinski definition) is 3. The lowest BCUT2D eigenvalue weighted by Crippen LogP contribution is -2.58. The average molecular weight is 202 g/mol. The monoisotopic (exact) mass is 202 g/mol. The zero-order valence-electron chi connectivity index (χ0n) is 8.26. The van der Waals surface area contributed by atoms with E-state index in [0.717, 1.165) is 6.54 Å². The average Bonchev–Trinajstić information content (AvgIpc) is 2.01. The highest BCUT2D eigenvalue weighted by Crippen LogP contribution is 2.35. The Morgan fingerprint density at radius 3 is 2.46 bits per heavy atom. The van der Waals surface area contributed by atoms with Crippen molar-refractivity contribution in [3.8, 4) is 0 Å². The number of hydrogen-bond donors (Lipinski definition) is 3. The van der Waals surface area contributed by atoms with Gasteiger partial charge in [0.05, 0.1) is 0 Å². The van der Waals surface area contributed by atoms with Gasteiger partial charge in [0.25, 0.3) is 0 Å². The number of nitrogens with one attached hydrogen (secondary N) is 2. The Balaban J connectivity index is 2.36. The molecule has 0 aromatic heterocycles. The van der Waals surface area contributed by atoms with Gasteiger partial charge >= 0.3 is 0 Å². The van der Waals surface area contributed by atoms with E-state index < -0.39 is 0 Å². The standard InChI is InChI=1S/C8H18N4S/c1-12(2)8(4-3-5-8)6-10-7(13)11-9/h3-6,9H2,1-2H3,(H2,10,11,13). The zero-order valence-corrected chi connectivity index (χ0v) is 9.08. The molecule has 0 aromatic rings. The molecule has 0 heterocycles. The number of nitrogens with two attached hydrogens (primary N) is 1. The van der Waals surface area contributed by atoms with Gasteiger partial charge < -0.3 is 15.6 Å². The highest BCUT2D eigenvalue weighted by Gasteiger charge is 2.38. The minimum absolute atomic E-state index is 0.293. The lowest BCUT2D eigenvalue weighted by molar-refractivity contribution is 0.0648. The largest absolute Gasteiger partial charge is 0.360 e. The maximum Gasteiger partial charge on any atom is 0.180 e. The molecule has 5 heteroatoms. The summed E-state index contributed by atoms with van der Waals surface area (Å²) < 4.78 is 0. The quantitative estimate of drug-likeness (QED) is 0.336. The van der Waals surface area contributed by atoms with Crippen LogP contribution in [0.1, 0.15) is 19.3 Å². The predicted molar refractivity (Wildman–Crippen MR) is 58.2 cm³/mol. The van der Waals surface area contributed by atoms with Crippen molar-refractivity contribution in [2.45, 2.75) is 24.8 Å². The first kappa shape index (κ1) is 10.7. The van der Waals surface area contributed by atoms with Crippen molar-refractivity contribution in [2.24, 2.45) is 5.84 Å². The lowest BCUT2D eigenvalue weighted by atomic mass is 9.75. The van der Waals surface area contributed by atoms with Gasteiger partial charge in [-0.25, -0.2) is 5.84 Å². The molecule has 0 radical (unpaired) electrons. The molecule has 1 rings (SSSR count). The molecule has 13 heavy (non-hydrogen) atoms. The fourth-order valence-electron chi connectivity index (χ4n) is 1.66. The summed E-state index contributed by atoms with van der Waals surface area (Å²) in [7, 11) is 4.22. The molecule has 76 valence electrons. The van der Waals surface area contributed by atoms with E-state index in [4.69, 9.17) is 18.1 Å². The van der Waals surface area contributed by atoms with Crippen LogP contribution in [-0.2, 0) is 0 Å². The highest BCUT2D eigenvalue weighted by molar-refractivity contribution is 7.80. The second-order valence-corrected chi connectivity index (χ2v) is 4.21. The van der Waals surface area contributed by atoms with Gasteiger partial charge in [0.1, 0.15) is 0 Å². The zero-order chi connectivity index (χ0) is 9.90. The Morgan fingerprint density at radius 2 is 2.15 bits per heavy atom. The topological polar surface area (TPSA) is 53.3 Å². The van der Waals surface area contributed by atoms with E-state index >= 15 is 0 Å². The van der Waals surface area contributed by atoms with E-state index in [1.807, 2.05) is 0 Å². The molecule has 4 N–H and O–H groups in total. The maximum absolute atomic E-state index is 5.17. The van der Waals surface area contributed by atoms with Crippen LogP contribution in [0.2, 0.25) is 0 Å². The summed E-state index contributed by atoms with van der Waals surface area (Å²) in [6, 6.07) is 0. The van der Waals surface area contributed by atoms with Crippen molar-refractivity contribution in [1.82, 2.24) is 15.6 Å². The number of nitrogens with zero attached hydrogens (tertiary/aromatic N) is 1. The van der Waals surface area contributed by atoms with Crippen molar-refractivity contribution in [2.75, 3.05) is 20.6 Å². The van der Waals surface area contributed by atoms with E-state index in [1.165, 1.54) is 19.3 Å². The van der Waals surface area contributed by atoms with E-state index in [1.54, 1.807) is 0 Å². The van der Waals surface area contributed by atoms with Crippen molar-refractivity contribution >= 4 is 17.3 Å². The molecule has 1 aliphatic carbocycles. The molecule has 0 spiro atoms. The molecule has 1 fully saturated rings. The van der Waals surface area contributed by atoms with E-state index in [0.29, 0.717) is 10.7 Å². The number of thiocarbonyl (C=S) groups is 1. The van der Waals surface area contributed by atoms with E-state index in [-0.39, 0.29) is 0 Å². The first-order valence-corrected chi connectivity index (χ1v) is 4.93. The lowest BCUT2D eigenvalue weighted by Gasteiger charge is -2.47. The van der Waals surface area contributed by atoms with Crippen LogP contribution in [0.3, 0.4) is 0 Å². The third-order valence-electron chi connectivity index (χ3n) is 2.94. The van der Waals surface area contributed by atoms with E-state index in [2.05, 4.69) is 29.7 Å². The third kappa shape index (κ3) is 2.30. The molecule has 1 saturated carbocycles. The van der Waals surface area contributed by atoms with E-state index in [9.17, 15) is 0 Å². The molecular weight excluding hydrogens is 184 g/mol. The summed E-state index contributed by atoms with van der Waals surface area (Å²) >= 11 is 4.92. The Morgan fingerprint density at radius 1 is 1.54 bits per heavy atom. The number of rotatable bonds is 3. The van der Waals surface area contributed by atoms with Crippen molar-refractivity contribution in [3.05, 3.63) is 0 Å². The van der Waals surface area contributed by atoms with Crippen LogP contribution < -0.4 is 16.6 Å². The molecule has 0 aliphatic heterocycles. The van der Waals surface area contributed by atoms with Crippen LogP contribution in [0.15, 0.2) is 0 Å². The fraction of sp³-hybridized carbons (Fsp3) is 0.875. The van der Waals surface area contributed by atoms with Crippen LogP contribution in [0.4, 0.5) is 0 Å². The van der Waals surface area contributed by atoms with Crippen LogP contribution in [-0.4, -0.2) is 36.2 Å². The van der Waals surface area contributed by atoms with Crippen LogP contribution in [0.5, 0.6) is 0 Å². The summed E-state index contributed by atoms with van der Waals surface area (Å²) in [6.45, 7) is 0.878. The van der Waals surface area contributed by atoms with Gasteiger partial charge in [0, 0.05) is 12.1 Å². The summed E-state index contributed by atoms with van der Waals surface area (Å²) in [5.41, 5.74) is 2.72. The summed E-state index contributed by atoms with van der Waals surface area (Å²) in [4.78, 5) is 2.27. The van der Waals surface area contributed by atoms with Crippen LogP contribution in [0.25, 0.3) is 0 Å². The number of hydrazine groups is 1. The molecule has 1 aliphatic rings. The molecule has 0 aromatic carbocycles. The molecule has 0 bridgehead atoms. The van der Waals surface area contributed by atoms with Crippen LogP contribution >= 0.6 is 12.2 Å². The normalized spacial score (nSPS) is 19.4. The van der Waals surface area contributed by atoms with Crippen molar-refractivity contribution in [1.29, 1.82) is 0 Å². The molecule has 4 nitrogen and oxygen atoms in total. The van der Waals surface area contributed by atoms with Gasteiger partial charge in [0.2, 0.25) is 0 Å². The Bertz CT molecular complexity index is 189. The first-order chi connectivity index (χ1) is 6.10. The second-order valence-electron chi connectivity index (χ2n) is 3.80. The third-order valence-corrected chi connectivity index (χ3v) is 3.20. The van der Waals surface area contributed by atoms with Crippen LogP contribution in [0, 0.1) is 0 Å². The van der Waals surface area contributed by atoms with Gasteiger partial charge in [-0.15, -0.1) is 0 Å². The Labute approximate surface area is 84.8 Å². The second kappa shape index (κ2) is 4.21. The van der Waals surface area contributed by atoms with Gasteiger partial charge in [-0.1, -0.05) is 0 Å². The first-order valence-electron chi connectivity index (χ1n) is 4.53. The highest BCUT2D eigenvalue weighted by atomic mass is 32.1. The van der Waals surface area contributed by atoms with Gasteiger partial charge in [-0.3, -0.25) is 0 Å². The van der Waals surface area contributed by atoms with Gasteiger partial charge in [-0.2, -0.15) is 0 Å². The molecule has 0 atom stereocenters. The van der Waals surface area contributed by atoms with Gasteiger partial charge in [0.15, 0.2) is 5.11 Å². The SMILES string of the molecule is CN(C)C1(CNC(=S)NN)CCC1. The number of likely N-dealkylation sites (N-methyl/N-ethyl adjacent to an activating group) is 1. The summed E-state index contributed by atoms with van der Waals surface area (Å²) in [5.74, 6) is 5.17. The molecular formula is C8H18N4S. The van der Waals surface area contributed by atoms with Gasteiger partial charge in [-0.05, 0) is 45.6 Å². The Hall–Kier alpha value is -0.390. The van der Waals surface area contributed by atoms with Crippen molar-refractivity contribution in [3.63, 3.8) is 0 Å². The minimum Gasteiger partial charge on any atom is -0.360 e. The van der Waals surface area contributed by atoms with Crippen molar-refractivity contribution < 1.29 is 0 Å². The predicted octanol–water partition coefficient (Wildman–Crippen LogP) is -0.191.